The van der Waals surface area contributed by atoms with Crippen LogP contribution in [0.3, 0.4) is 0 Å². The fraction of sp³-hybridized carbons (Fsp3) is 0.182. The van der Waals surface area contributed by atoms with Gasteiger partial charge in [0.25, 0.3) is 0 Å². The molecule has 0 amide bonds. The molecule has 5 rings (SSSR count). The van der Waals surface area contributed by atoms with E-state index in [1.54, 1.807) is 0 Å². The molecule has 0 spiro atoms. The molecule has 1 aliphatic rings. The summed E-state index contributed by atoms with van der Waals surface area (Å²) in [5, 5.41) is 0. The average Bonchev–Trinajstić information content (AvgIpc) is 3.34. The second-order valence-corrected chi connectivity index (χ2v) is 8.90. The first kappa shape index (κ1) is 23.6. The van der Waals surface area contributed by atoms with Crippen molar-refractivity contribution < 1.29 is 14.3 Å². The van der Waals surface area contributed by atoms with Gasteiger partial charge >= 0.3 is 0 Å². The molecule has 1 fully saturated rings. The van der Waals surface area contributed by atoms with E-state index in [1.807, 2.05) is 122 Å². The summed E-state index contributed by atoms with van der Waals surface area (Å²) in [6.07, 6.45) is -0.342. The lowest BCUT2D eigenvalue weighted by molar-refractivity contribution is 0.0223. The van der Waals surface area contributed by atoms with Crippen LogP contribution in [0, 0.1) is 17.3 Å². The molecule has 4 aromatic carbocycles. The van der Waals surface area contributed by atoms with Crippen LogP contribution < -0.4 is 4.74 Å². The molecule has 4 aromatic rings. The van der Waals surface area contributed by atoms with Crippen molar-refractivity contribution in [1.29, 1.82) is 0 Å². The summed E-state index contributed by atoms with van der Waals surface area (Å²) in [6, 6.07) is 37.1. The van der Waals surface area contributed by atoms with Gasteiger partial charge in [-0.2, -0.15) is 0 Å². The number of rotatable bonds is 6. The van der Waals surface area contributed by atoms with Gasteiger partial charge in [0, 0.05) is 17.5 Å². The number of Topliss-reactive ketones (excluding diaryl/α,β-unsaturated/α-hetero) is 1. The quantitative estimate of drug-likeness (QED) is 0.220. The molecular formula is C33H28O3. The van der Waals surface area contributed by atoms with Gasteiger partial charge < -0.3 is 9.47 Å². The van der Waals surface area contributed by atoms with Gasteiger partial charge in [-0.3, -0.25) is 4.79 Å². The number of hydrogen-bond donors (Lipinski definition) is 0. The van der Waals surface area contributed by atoms with Crippen LogP contribution in [0.2, 0.25) is 0 Å². The summed E-state index contributed by atoms with van der Waals surface area (Å²) in [7, 11) is 0. The van der Waals surface area contributed by atoms with Gasteiger partial charge in [0.2, 0.25) is 0 Å². The van der Waals surface area contributed by atoms with Gasteiger partial charge in [0.1, 0.15) is 17.3 Å². The largest absolute Gasteiger partial charge is 0.494 e. The molecule has 1 aliphatic heterocycles. The molecule has 0 aromatic heterocycles. The summed E-state index contributed by atoms with van der Waals surface area (Å²) in [5.74, 6) is 7.51. The van der Waals surface area contributed by atoms with Crippen LogP contribution >= 0.6 is 0 Å². The Labute approximate surface area is 212 Å². The summed E-state index contributed by atoms with van der Waals surface area (Å²) < 4.78 is 12.4. The molecule has 0 saturated carbocycles. The molecular weight excluding hydrogens is 444 g/mol. The molecule has 3 heteroatoms. The minimum atomic E-state index is -1.06. The van der Waals surface area contributed by atoms with Gasteiger partial charge in [0.05, 0.1) is 12.7 Å². The smallest absolute Gasteiger partial charge is 0.184 e. The molecule has 3 atom stereocenters. The lowest BCUT2D eigenvalue weighted by Gasteiger charge is -2.28. The Kier molecular flexibility index (Phi) is 6.98. The van der Waals surface area contributed by atoms with Crippen molar-refractivity contribution in [3.05, 3.63) is 138 Å². The van der Waals surface area contributed by atoms with E-state index in [1.165, 1.54) is 0 Å². The van der Waals surface area contributed by atoms with E-state index in [0.29, 0.717) is 18.6 Å². The van der Waals surface area contributed by atoms with Crippen LogP contribution in [0.25, 0.3) is 0 Å². The molecule has 1 saturated heterocycles. The first-order valence-corrected chi connectivity index (χ1v) is 12.3. The second-order valence-electron chi connectivity index (χ2n) is 8.90. The number of ketones is 1. The Morgan fingerprint density at radius 2 is 1.44 bits per heavy atom. The van der Waals surface area contributed by atoms with Crippen LogP contribution in [-0.4, -0.2) is 12.4 Å². The van der Waals surface area contributed by atoms with Crippen molar-refractivity contribution in [3.63, 3.8) is 0 Å². The van der Waals surface area contributed by atoms with E-state index in [9.17, 15) is 4.79 Å². The van der Waals surface area contributed by atoms with Gasteiger partial charge in [-0.05, 0) is 42.3 Å². The van der Waals surface area contributed by atoms with E-state index in [0.717, 1.165) is 22.4 Å². The van der Waals surface area contributed by atoms with Crippen molar-refractivity contribution in [2.75, 3.05) is 6.61 Å². The Hall–Kier alpha value is -4.13. The molecule has 0 unspecified atom stereocenters. The van der Waals surface area contributed by atoms with Gasteiger partial charge in [-0.15, -0.1) is 0 Å². The van der Waals surface area contributed by atoms with E-state index in [-0.39, 0.29) is 11.9 Å². The SMILES string of the molecule is CCOc1ccc([C@@H]2O[C@@H](c3ccccc3)C[C@@]2(C#Cc2ccccc2)C(=O)c2ccccc2)cc1. The minimum Gasteiger partial charge on any atom is -0.494 e. The number of hydrogen-bond acceptors (Lipinski definition) is 3. The zero-order chi connectivity index (χ0) is 24.8. The van der Waals surface area contributed by atoms with E-state index in [2.05, 4.69) is 11.8 Å². The predicted octanol–water partition coefficient (Wildman–Crippen LogP) is 7.21. The third kappa shape index (κ3) is 4.82. The molecule has 178 valence electrons. The molecule has 0 bridgehead atoms. The second kappa shape index (κ2) is 10.6. The maximum atomic E-state index is 14.3. The van der Waals surface area contributed by atoms with Crippen LogP contribution in [-0.2, 0) is 4.74 Å². The lowest BCUT2D eigenvalue weighted by atomic mass is 9.71. The van der Waals surface area contributed by atoms with Crippen molar-refractivity contribution in [3.8, 4) is 17.6 Å². The Balaban J connectivity index is 1.66. The zero-order valence-corrected chi connectivity index (χ0v) is 20.3. The predicted molar refractivity (Wildman–Crippen MR) is 142 cm³/mol. The third-order valence-electron chi connectivity index (χ3n) is 6.57. The van der Waals surface area contributed by atoms with Crippen LogP contribution in [0.1, 0.15) is 52.6 Å². The van der Waals surface area contributed by atoms with E-state index < -0.39 is 11.5 Å². The fourth-order valence-corrected chi connectivity index (χ4v) is 4.80. The summed E-state index contributed by atoms with van der Waals surface area (Å²) in [6.45, 7) is 2.55. The van der Waals surface area contributed by atoms with E-state index in [4.69, 9.17) is 9.47 Å². The minimum absolute atomic E-state index is 0.0242. The third-order valence-corrected chi connectivity index (χ3v) is 6.57. The number of carbonyl (C=O) groups is 1. The van der Waals surface area contributed by atoms with Gasteiger partial charge in [-0.25, -0.2) is 0 Å². The van der Waals surface area contributed by atoms with Crippen LogP contribution in [0.4, 0.5) is 0 Å². The molecule has 0 aliphatic carbocycles. The van der Waals surface area contributed by atoms with Gasteiger partial charge in [-0.1, -0.05) is 103 Å². The average molecular weight is 473 g/mol. The number of ether oxygens (including phenoxy) is 2. The highest BCUT2D eigenvalue weighted by Gasteiger charge is 2.54. The molecule has 0 N–H and O–H groups in total. The Bertz CT molecular complexity index is 1350. The van der Waals surface area contributed by atoms with Crippen LogP contribution in [0.5, 0.6) is 5.75 Å². The first-order chi connectivity index (χ1) is 17.7. The first-order valence-electron chi connectivity index (χ1n) is 12.3. The van der Waals surface area contributed by atoms with Crippen molar-refractivity contribution in [2.45, 2.75) is 25.6 Å². The number of benzene rings is 4. The zero-order valence-electron chi connectivity index (χ0n) is 20.3. The highest BCUT2D eigenvalue weighted by atomic mass is 16.5. The van der Waals surface area contributed by atoms with Crippen LogP contribution in [0.15, 0.2) is 115 Å². The maximum Gasteiger partial charge on any atom is 0.184 e. The fourth-order valence-electron chi connectivity index (χ4n) is 4.80. The summed E-state index contributed by atoms with van der Waals surface area (Å²) in [5.41, 5.74) is 2.38. The standard InChI is InChI=1S/C33H28O3/c1-2-35-29-20-18-28(19-21-29)32-33(23-22-25-12-6-3-7-13-25,31(34)27-16-10-5-11-17-27)24-30(36-32)26-14-8-4-9-15-26/h3-21,30,32H,2,24H2,1H3/t30-,32+,33+/m1/s1. The number of carbonyl (C=O) groups excluding carboxylic acids is 1. The summed E-state index contributed by atoms with van der Waals surface area (Å²) >= 11 is 0. The Morgan fingerprint density at radius 3 is 2.08 bits per heavy atom. The molecule has 1 heterocycles. The monoisotopic (exact) mass is 472 g/mol. The molecule has 3 nitrogen and oxygen atoms in total. The maximum absolute atomic E-state index is 14.3. The molecule has 36 heavy (non-hydrogen) atoms. The van der Waals surface area contributed by atoms with Crippen molar-refractivity contribution >= 4 is 5.78 Å². The summed E-state index contributed by atoms with van der Waals surface area (Å²) in [4.78, 5) is 14.3. The topological polar surface area (TPSA) is 35.5 Å². The molecule has 0 radical (unpaired) electrons. The Morgan fingerprint density at radius 1 is 0.833 bits per heavy atom. The highest BCUT2D eigenvalue weighted by molar-refractivity contribution is 6.03. The lowest BCUT2D eigenvalue weighted by Crippen LogP contribution is -2.33. The van der Waals surface area contributed by atoms with Gasteiger partial charge in [0.15, 0.2) is 5.78 Å². The highest BCUT2D eigenvalue weighted by Crippen LogP contribution is 2.54. The van der Waals surface area contributed by atoms with Crippen molar-refractivity contribution in [1.82, 2.24) is 0 Å². The normalized spacial score (nSPS) is 20.8. The van der Waals surface area contributed by atoms with E-state index >= 15 is 0 Å². The van der Waals surface area contributed by atoms with Crippen molar-refractivity contribution in [2.24, 2.45) is 5.41 Å².